The molecule has 1 aromatic heterocycles. The summed E-state index contributed by atoms with van der Waals surface area (Å²) in [6, 6.07) is 19.8. The molecule has 1 fully saturated rings. The second-order valence-corrected chi connectivity index (χ2v) is 6.96. The lowest BCUT2D eigenvalue weighted by atomic mass is 10.1. The van der Waals surface area contributed by atoms with Crippen LogP contribution in [0.15, 0.2) is 60.3 Å². The van der Waals surface area contributed by atoms with Crippen molar-refractivity contribution in [3.8, 4) is 12.1 Å². The van der Waals surface area contributed by atoms with Gasteiger partial charge >= 0.3 is 0 Å². The second-order valence-electron chi connectivity index (χ2n) is 6.96. The van der Waals surface area contributed by atoms with Crippen molar-refractivity contribution < 1.29 is 4.79 Å². The number of carbonyl (C=O) groups is 1. The summed E-state index contributed by atoms with van der Waals surface area (Å²) in [5, 5.41) is 22.3. The molecule has 0 unspecified atom stereocenters. The molecular formula is C23H18N4O. The minimum absolute atomic E-state index is 0.119. The summed E-state index contributed by atoms with van der Waals surface area (Å²) in [6.45, 7) is 0.635. The molecule has 0 saturated heterocycles. The molecule has 1 heterocycles. The Labute approximate surface area is 163 Å². The number of aromatic nitrogens is 1. The molecular weight excluding hydrogens is 348 g/mol. The van der Waals surface area contributed by atoms with Crippen LogP contribution in [0.4, 0.5) is 0 Å². The van der Waals surface area contributed by atoms with Crippen LogP contribution in [0.3, 0.4) is 0 Å². The van der Waals surface area contributed by atoms with Crippen LogP contribution in [0.25, 0.3) is 17.0 Å². The highest BCUT2D eigenvalue weighted by molar-refractivity contribution is 6.04. The molecule has 28 heavy (non-hydrogen) atoms. The number of nitrogens with one attached hydrogen (secondary N) is 1. The predicted molar refractivity (Wildman–Crippen MR) is 107 cm³/mol. The smallest absolute Gasteiger partial charge is 0.262 e. The number of carbonyl (C=O) groups excluding carboxylic acids is 1. The SMILES string of the molecule is N#C/C(=C\c1cn(Cc2ccc(C#N)cc2)c2ccccc12)C(=O)NC1CC1. The topological polar surface area (TPSA) is 81.6 Å². The van der Waals surface area contributed by atoms with E-state index in [9.17, 15) is 10.1 Å². The fraction of sp³-hybridized carbons (Fsp3) is 0.174. The van der Waals surface area contributed by atoms with E-state index in [1.165, 1.54) is 0 Å². The number of nitriles is 2. The van der Waals surface area contributed by atoms with Crippen molar-refractivity contribution in [3.63, 3.8) is 0 Å². The molecule has 1 N–H and O–H groups in total. The maximum absolute atomic E-state index is 12.3. The first-order chi connectivity index (χ1) is 13.7. The van der Waals surface area contributed by atoms with Crippen LogP contribution in [-0.2, 0) is 11.3 Å². The first-order valence-electron chi connectivity index (χ1n) is 9.17. The van der Waals surface area contributed by atoms with Crippen LogP contribution in [-0.4, -0.2) is 16.5 Å². The van der Waals surface area contributed by atoms with E-state index in [-0.39, 0.29) is 17.5 Å². The molecule has 0 aliphatic heterocycles. The lowest BCUT2D eigenvalue weighted by Crippen LogP contribution is -2.26. The maximum atomic E-state index is 12.3. The number of amides is 1. The van der Waals surface area contributed by atoms with E-state index in [0.29, 0.717) is 12.1 Å². The largest absolute Gasteiger partial charge is 0.349 e. The summed E-state index contributed by atoms with van der Waals surface area (Å²) in [4.78, 5) is 12.3. The molecule has 4 rings (SSSR count). The number of hydrogen-bond donors (Lipinski definition) is 1. The van der Waals surface area contributed by atoms with Crippen LogP contribution < -0.4 is 5.32 Å². The zero-order chi connectivity index (χ0) is 19.5. The molecule has 2 aromatic carbocycles. The second kappa shape index (κ2) is 7.42. The van der Waals surface area contributed by atoms with E-state index in [2.05, 4.69) is 16.0 Å². The van der Waals surface area contributed by atoms with E-state index in [1.54, 1.807) is 18.2 Å². The van der Waals surface area contributed by atoms with Crippen LogP contribution in [0.2, 0.25) is 0 Å². The number of para-hydroxylation sites is 1. The third-order valence-electron chi connectivity index (χ3n) is 4.83. The summed E-state index contributed by atoms with van der Waals surface area (Å²) in [7, 11) is 0. The summed E-state index contributed by atoms with van der Waals surface area (Å²) >= 11 is 0. The zero-order valence-electron chi connectivity index (χ0n) is 15.2. The van der Waals surface area contributed by atoms with Gasteiger partial charge < -0.3 is 9.88 Å². The van der Waals surface area contributed by atoms with Crippen LogP contribution in [0.5, 0.6) is 0 Å². The van der Waals surface area contributed by atoms with Gasteiger partial charge in [0.1, 0.15) is 11.6 Å². The van der Waals surface area contributed by atoms with Gasteiger partial charge in [0.05, 0.1) is 11.6 Å². The van der Waals surface area contributed by atoms with E-state index >= 15 is 0 Å². The molecule has 0 spiro atoms. The van der Waals surface area contributed by atoms with Gasteiger partial charge in [-0.3, -0.25) is 4.79 Å². The summed E-state index contributed by atoms with van der Waals surface area (Å²) in [6.07, 6.45) is 5.59. The van der Waals surface area contributed by atoms with Gasteiger partial charge in [0.2, 0.25) is 0 Å². The van der Waals surface area contributed by atoms with Gasteiger partial charge in [0.15, 0.2) is 0 Å². The fourth-order valence-electron chi connectivity index (χ4n) is 3.20. The lowest BCUT2D eigenvalue weighted by Gasteiger charge is -2.05. The Bertz CT molecular complexity index is 1150. The molecule has 5 heteroatoms. The van der Waals surface area contributed by atoms with Gasteiger partial charge in [-0.2, -0.15) is 10.5 Å². The third-order valence-corrected chi connectivity index (χ3v) is 4.83. The van der Waals surface area contributed by atoms with Gasteiger partial charge in [0.25, 0.3) is 5.91 Å². The quantitative estimate of drug-likeness (QED) is 0.551. The van der Waals surface area contributed by atoms with Crippen molar-refractivity contribution in [1.29, 1.82) is 10.5 Å². The predicted octanol–water partition coefficient (Wildman–Crippen LogP) is 3.75. The average Bonchev–Trinajstić information content (AvgIpc) is 3.48. The Morgan fingerprint density at radius 2 is 1.89 bits per heavy atom. The molecule has 5 nitrogen and oxygen atoms in total. The van der Waals surface area contributed by atoms with Crippen LogP contribution in [0.1, 0.15) is 29.5 Å². The number of benzene rings is 2. The van der Waals surface area contributed by atoms with Crippen molar-refractivity contribution in [1.82, 2.24) is 9.88 Å². The molecule has 1 amide bonds. The van der Waals surface area contributed by atoms with Crippen molar-refractivity contribution in [2.24, 2.45) is 0 Å². The molecule has 1 aliphatic rings. The van der Waals surface area contributed by atoms with Crippen molar-refractivity contribution in [2.45, 2.75) is 25.4 Å². The minimum Gasteiger partial charge on any atom is -0.349 e. The lowest BCUT2D eigenvalue weighted by molar-refractivity contribution is -0.117. The van der Waals surface area contributed by atoms with Gasteiger partial charge in [0, 0.05) is 35.2 Å². The highest BCUT2D eigenvalue weighted by atomic mass is 16.1. The van der Waals surface area contributed by atoms with E-state index in [1.807, 2.05) is 48.7 Å². The monoisotopic (exact) mass is 366 g/mol. The van der Waals surface area contributed by atoms with E-state index < -0.39 is 0 Å². The van der Waals surface area contributed by atoms with Gasteiger partial charge in [-0.25, -0.2) is 0 Å². The van der Waals surface area contributed by atoms with Gasteiger partial charge in [-0.05, 0) is 42.7 Å². The molecule has 0 bridgehead atoms. The Morgan fingerprint density at radius 3 is 2.57 bits per heavy atom. The van der Waals surface area contributed by atoms with Crippen molar-refractivity contribution in [2.75, 3.05) is 0 Å². The number of nitrogens with zero attached hydrogens (tertiary/aromatic N) is 3. The Hall–Kier alpha value is -3.83. The molecule has 136 valence electrons. The Morgan fingerprint density at radius 1 is 1.14 bits per heavy atom. The molecule has 0 radical (unpaired) electrons. The maximum Gasteiger partial charge on any atom is 0.262 e. The third kappa shape index (κ3) is 3.65. The Balaban J connectivity index is 1.69. The number of hydrogen-bond acceptors (Lipinski definition) is 3. The fourth-order valence-corrected chi connectivity index (χ4v) is 3.20. The standard InChI is InChI=1S/C23H18N4O/c24-12-16-5-7-17(8-6-16)14-27-15-19(21-3-1-2-4-22(21)27)11-18(13-25)23(28)26-20-9-10-20/h1-8,11,15,20H,9-10,14H2,(H,26,28)/b18-11+. The molecule has 1 saturated carbocycles. The van der Waals surface area contributed by atoms with Gasteiger partial charge in [-0.15, -0.1) is 0 Å². The summed E-state index contributed by atoms with van der Waals surface area (Å²) < 4.78 is 2.09. The van der Waals surface area contributed by atoms with Crippen LogP contribution in [0, 0.1) is 22.7 Å². The average molecular weight is 366 g/mol. The zero-order valence-corrected chi connectivity index (χ0v) is 15.2. The Kier molecular flexibility index (Phi) is 4.66. The highest BCUT2D eigenvalue weighted by Crippen LogP contribution is 2.25. The minimum atomic E-state index is -0.311. The highest BCUT2D eigenvalue weighted by Gasteiger charge is 2.24. The van der Waals surface area contributed by atoms with Crippen molar-refractivity contribution >= 4 is 22.9 Å². The molecule has 1 aliphatic carbocycles. The molecule has 0 atom stereocenters. The van der Waals surface area contributed by atoms with Crippen LogP contribution >= 0.6 is 0 Å². The van der Waals surface area contributed by atoms with Gasteiger partial charge in [-0.1, -0.05) is 30.3 Å². The number of rotatable bonds is 5. The normalized spacial score (nSPS) is 13.7. The van der Waals surface area contributed by atoms with Crippen molar-refractivity contribution in [3.05, 3.63) is 77.0 Å². The summed E-state index contributed by atoms with van der Waals surface area (Å²) in [5.74, 6) is -0.311. The van der Waals surface area contributed by atoms with E-state index in [0.717, 1.165) is 34.9 Å². The first-order valence-corrected chi connectivity index (χ1v) is 9.17. The molecule has 3 aromatic rings. The van der Waals surface area contributed by atoms with E-state index in [4.69, 9.17) is 5.26 Å². The first kappa shape index (κ1) is 17.6. The summed E-state index contributed by atoms with van der Waals surface area (Å²) in [5.41, 5.74) is 3.69. The number of fused-ring (bicyclic) bond motifs is 1.